The van der Waals surface area contributed by atoms with E-state index in [1.165, 1.54) is 25.9 Å². The standard InChI is InChI=1S/C14H30N4/c1-14(2,13(15)16)8-6-10-18(4)12-7-5-9-17(3)11-12/h12H,5-11H2,1-4H3,(H3,15,16). The lowest BCUT2D eigenvalue weighted by atomic mass is 9.86. The largest absolute Gasteiger partial charge is 0.387 e. The van der Waals surface area contributed by atoms with Crippen molar-refractivity contribution in [3.63, 3.8) is 0 Å². The SMILES string of the molecule is CN1CCCC(N(C)CCCC(C)(C)C(=N)N)C1. The van der Waals surface area contributed by atoms with Crippen molar-refractivity contribution in [3.8, 4) is 0 Å². The molecule has 1 saturated heterocycles. The van der Waals surface area contributed by atoms with Crippen LogP contribution >= 0.6 is 0 Å². The second kappa shape index (κ2) is 6.53. The van der Waals surface area contributed by atoms with Crippen molar-refractivity contribution in [2.24, 2.45) is 11.1 Å². The minimum absolute atomic E-state index is 0.149. The van der Waals surface area contributed by atoms with Crippen LogP contribution in [0.15, 0.2) is 0 Å². The predicted molar refractivity (Wildman–Crippen MR) is 78.1 cm³/mol. The molecule has 1 unspecified atom stereocenters. The van der Waals surface area contributed by atoms with E-state index in [2.05, 4.69) is 37.7 Å². The molecule has 0 bridgehead atoms. The lowest BCUT2D eigenvalue weighted by Crippen LogP contribution is -2.45. The summed E-state index contributed by atoms with van der Waals surface area (Å²) in [6.07, 6.45) is 4.74. The Bertz CT molecular complexity index is 275. The first kappa shape index (κ1) is 15.4. The van der Waals surface area contributed by atoms with E-state index in [4.69, 9.17) is 11.1 Å². The zero-order valence-electron chi connectivity index (χ0n) is 12.5. The minimum atomic E-state index is -0.149. The highest BCUT2D eigenvalue weighted by atomic mass is 15.2. The fourth-order valence-corrected chi connectivity index (χ4v) is 2.59. The Morgan fingerprint density at radius 2 is 2.17 bits per heavy atom. The second-order valence-electron chi connectivity index (χ2n) is 6.44. The summed E-state index contributed by atoms with van der Waals surface area (Å²) in [4.78, 5) is 4.90. The Kier molecular flexibility index (Phi) is 5.60. The van der Waals surface area contributed by atoms with Crippen LogP contribution < -0.4 is 5.73 Å². The van der Waals surface area contributed by atoms with Crippen molar-refractivity contribution < 1.29 is 0 Å². The van der Waals surface area contributed by atoms with Crippen LogP contribution in [0, 0.1) is 10.8 Å². The summed E-state index contributed by atoms with van der Waals surface area (Å²) in [7, 11) is 4.43. The maximum Gasteiger partial charge on any atom is 0.0963 e. The molecule has 0 aromatic carbocycles. The molecular formula is C14H30N4. The average molecular weight is 254 g/mol. The lowest BCUT2D eigenvalue weighted by molar-refractivity contribution is 0.131. The number of nitrogens with two attached hydrogens (primary N) is 1. The Morgan fingerprint density at radius 1 is 1.50 bits per heavy atom. The van der Waals surface area contributed by atoms with Gasteiger partial charge < -0.3 is 15.5 Å². The van der Waals surface area contributed by atoms with E-state index < -0.39 is 0 Å². The van der Waals surface area contributed by atoms with Gasteiger partial charge in [-0.1, -0.05) is 13.8 Å². The van der Waals surface area contributed by atoms with E-state index in [-0.39, 0.29) is 5.41 Å². The van der Waals surface area contributed by atoms with Crippen molar-refractivity contribution in [3.05, 3.63) is 0 Å². The maximum atomic E-state index is 7.56. The maximum absolute atomic E-state index is 7.56. The van der Waals surface area contributed by atoms with Crippen LogP contribution in [0.4, 0.5) is 0 Å². The summed E-state index contributed by atoms with van der Waals surface area (Å²) >= 11 is 0. The van der Waals surface area contributed by atoms with Gasteiger partial charge in [0.25, 0.3) is 0 Å². The smallest absolute Gasteiger partial charge is 0.0963 e. The molecule has 1 atom stereocenters. The number of likely N-dealkylation sites (tertiary alicyclic amines) is 1. The Labute approximate surface area is 112 Å². The van der Waals surface area contributed by atoms with Gasteiger partial charge in [0.15, 0.2) is 0 Å². The molecule has 0 amide bonds. The van der Waals surface area contributed by atoms with Crippen LogP contribution in [0.1, 0.15) is 39.5 Å². The monoisotopic (exact) mass is 254 g/mol. The topological polar surface area (TPSA) is 56.4 Å². The molecule has 18 heavy (non-hydrogen) atoms. The van der Waals surface area contributed by atoms with Crippen molar-refractivity contribution in [2.45, 2.75) is 45.6 Å². The third-order valence-corrected chi connectivity index (χ3v) is 4.26. The van der Waals surface area contributed by atoms with E-state index in [0.717, 1.165) is 19.4 Å². The average Bonchev–Trinajstić information content (AvgIpc) is 2.28. The van der Waals surface area contributed by atoms with Gasteiger partial charge >= 0.3 is 0 Å². The number of hydrogen-bond acceptors (Lipinski definition) is 3. The molecule has 0 spiro atoms. The molecule has 1 fully saturated rings. The first-order chi connectivity index (χ1) is 8.33. The van der Waals surface area contributed by atoms with Crippen LogP contribution in [0.25, 0.3) is 0 Å². The van der Waals surface area contributed by atoms with Crippen molar-refractivity contribution in [1.29, 1.82) is 5.41 Å². The normalized spacial score (nSPS) is 22.4. The third kappa shape index (κ3) is 4.58. The number of likely N-dealkylation sites (N-methyl/N-ethyl adjacent to an activating group) is 2. The summed E-state index contributed by atoms with van der Waals surface area (Å²) < 4.78 is 0. The minimum Gasteiger partial charge on any atom is -0.387 e. The molecule has 4 heteroatoms. The van der Waals surface area contributed by atoms with Crippen molar-refractivity contribution >= 4 is 5.84 Å². The molecular weight excluding hydrogens is 224 g/mol. The van der Waals surface area contributed by atoms with Crippen LogP contribution in [0.3, 0.4) is 0 Å². The zero-order valence-corrected chi connectivity index (χ0v) is 12.5. The Morgan fingerprint density at radius 3 is 2.72 bits per heavy atom. The predicted octanol–water partition coefficient (Wildman–Crippen LogP) is 1.75. The number of nitrogens with one attached hydrogen (secondary N) is 1. The van der Waals surface area contributed by atoms with Gasteiger partial charge in [0, 0.05) is 18.0 Å². The van der Waals surface area contributed by atoms with Gasteiger partial charge in [0.1, 0.15) is 0 Å². The van der Waals surface area contributed by atoms with Crippen LogP contribution in [-0.2, 0) is 0 Å². The Balaban J connectivity index is 2.28. The summed E-state index contributed by atoms with van der Waals surface area (Å²) in [5.41, 5.74) is 5.46. The molecule has 0 aromatic rings. The van der Waals surface area contributed by atoms with Crippen LogP contribution in [0.5, 0.6) is 0 Å². The second-order valence-corrected chi connectivity index (χ2v) is 6.44. The molecule has 1 aliphatic rings. The van der Waals surface area contributed by atoms with Gasteiger partial charge in [-0.05, 0) is 52.9 Å². The quantitative estimate of drug-likeness (QED) is 0.561. The number of piperidine rings is 1. The summed E-state index contributed by atoms with van der Waals surface area (Å²) in [6.45, 7) is 7.65. The number of amidine groups is 1. The molecule has 4 nitrogen and oxygen atoms in total. The van der Waals surface area contributed by atoms with Gasteiger partial charge in [-0.3, -0.25) is 5.41 Å². The van der Waals surface area contributed by atoms with E-state index in [9.17, 15) is 0 Å². The van der Waals surface area contributed by atoms with E-state index in [1.807, 2.05) is 0 Å². The summed E-state index contributed by atoms with van der Waals surface area (Å²) in [5.74, 6) is 0.308. The summed E-state index contributed by atoms with van der Waals surface area (Å²) in [6, 6.07) is 0.698. The first-order valence-corrected chi connectivity index (χ1v) is 7.06. The molecule has 0 radical (unpaired) electrons. The van der Waals surface area contributed by atoms with Gasteiger partial charge in [0.2, 0.25) is 0 Å². The fraction of sp³-hybridized carbons (Fsp3) is 0.929. The van der Waals surface area contributed by atoms with Crippen molar-refractivity contribution in [2.75, 3.05) is 33.7 Å². The molecule has 0 aromatic heterocycles. The highest BCUT2D eigenvalue weighted by Gasteiger charge is 2.23. The van der Waals surface area contributed by atoms with Gasteiger partial charge in [0.05, 0.1) is 5.84 Å². The zero-order chi connectivity index (χ0) is 13.8. The molecule has 0 saturated carbocycles. The molecule has 106 valence electrons. The molecule has 1 aliphatic heterocycles. The number of hydrogen-bond donors (Lipinski definition) is 2. The molecule has 3 N–H and O–H groups in total. The highest BCUT2D eigenvalue weighted by Crippen LogP contribution is 2.22. The number of rotatable bonds is 6. The lowest BCUT2D eigenvalue weighted by Gasteiger charge is -2.36. The van der Waals surface area contributed by atoms with Gasteiger partial charge in [-0.2, -0.15) is 0 Å². The fourth-order valence-electron chi connectivity index (χ4n) is 2.59. The van der Waals surface area contributed by atoms with Gasteiger partial charge in [-0.15, -0.1) is 0 Å². The van der Waals surface area contributed by atoms with E-state index in [1.54, 1.807) is 0 Å². The van der Waals surface area contributed by atoms with Gasteiger partial charge in [-0.25, -0.2) is 0 Å². The van der Waals surface area contributed by atoms with Crippen molar-refractivity contribution in [1.82, 2.24) is 9.80 Å². The van der Waals surface area contributed by atoms with Crippen LogP contribution in [0.2, 0.25) is 0 Å². The third-order valence-electron chi connectivity index (χ3n) is 4.26. The van der Waals surface area contributed by atoms with E-state index in [0.29, 0.717) is 11.9 Å². The molecule has 1 heterocycles. The summed E-state index contributed by atoms with van der Waals surface area (Å²) in [5, 5.41) is 7.56. The van der Waals surface area contributed by atoms with E-state index >= 15 is 0 Å². The van der Waals surface area contributed by atoms with Crippen LogP contribution in [-0.4, -0.2) is 55.4 Å². The Hall–Kier alpha value is -0.610. The first-order valence-electron chi connectivity index (χ1n) is 7.06. The highest BCUT2D eigenvalue weighted by molar-refractivity contribution is 5.82. The molecule has 1 rings (SSSR count). The molecule has 0 aliphatic carbocycles. The number of nitrogens with zero attached hydrogens (tertiary/aromatic N) is 2.